The van der Waals surface area contributed by atoms with Gasteiger partial charge < -0.3 is 10.5 Å². The second-order valence-corrected chi connectivity index (χ2v) is 8.05. The summed E-state index contributed by atoms with van der Waals surface area (Å²) in [5.74, 6) is 2.38. The lowest BCUT2D eigenvalue weighted by molar-refractivity contribution is 0.305. The minimum Gasteiger partial charge on any atom is -0.489 e. The number of aryl methyl sites for hydroxylation is 1. The minimum atomic E-state index is 0.438. The zero-order valence-corrected chi connectivity index (χ0v) is 18.4. The van der Waals surface area contributed by atoms with Crippen LogP contribution in [-0.2, 0) is 19.7 Å². The highest BCUT2D eigenvalue weighted by atomic mass is 35.5. The first-order chi connectivity index (χ1) is 15.6. The number of benzene rings is 3. The average molecular weight is 444 g/mol. The lowest BCUT2D eigenvalue weighted by Crippen LogP contribution is -2.09. The van der Waals surface area contributed by atoms with Crippen LogP contribution in [0, 0.1) is 6.92 Å². The lowest BCUT2D eigenvalue weighted by Gasteiger charge is -2.15. The molecule has 4 aromatic rings. The number of fused-ring (bicyclic) bond motifs is 3. The van der Waals surface area contributed by atoms with Gasteiger partial charge in [0.1, 0.15) is 24.7 Å². The zero-order chi connectivity index (χ0) is 22.1. The quantitative estimate of drug-likeness (QED) is 0.488. The molecule has 6 nitrogen and oxygen atoms in total. The number of aromatic nitrogens is 3. The summed E-state index contributed by atoms with van der Waals surface area (Å²) in [5.41, 5.74) is 11.8. The van der Waals surface area contributed by atoms with Crippen LogP contribution in [0.3, 0.4) is 0 Å². The third-order valence-electron chi connectivity index (χ3n) is 5.58. The number of aliphatic imine (C=N–C) groups is 1. The van der Waals surface area contributed by atoms with Crippen molar-refractivity contribution >= 4 is 17.3 Å². The average Bonchev–Trinajstić information content (AvgIpc) is 3.10. The van der Waals surface area contributed by atoms with E-state index >= 15 is 0 Å². The van der Waals surface area contributed by atoms with Crippen LogP contribution in [0.15, 0.2) is 71.7 Å². The van der Waals surface area contributed by atoms with Gasteiger partial charge in [-0.3, -0.25) is 9.56 Å². The van der Waals surface area contributed by atoms with E-state index in [1.165, 1.54) is 0 Å². The van der Waals surface area contributed by atoms with Crippen LogP contribution in [0.2, 0.25) is 5.02 Å². The monoisotopic (exact) mass is 443 g/mol. The van der Waals surface area contributed by atoms with Gasteiger partial charge in [0.25, 0.3) is 0 Å². The lowest BCUT2D eigenvalue weighted by atomic mass is 10.00. The summed E-state index contributed by atoms with van der Waals surface area (Å²) in [6, 6.07) is 21.8. The molecule has 160 valence electrons. The summed E-state index contributed by atoms with van der Waals surface area (Å²) in [6.07, 6.45) is 0. The Hall–Kier alpha value is -3.48. The maximum absolute atomic E-state index is 6.17. The van der Waals surface area contributed by atoms with Gasteiger partial charge in [0.15, 0.2) is 5.82 Å². The Balaban J connectivity index is 1.56. The van der Waals surface area contributed by atoms with Gasteiger partial charge in [0.05, 0.1) is 11.4 Å². The first-order valence-corrected chi connectivity index (χ1v) is 10.8. The molecule has 5 rings (SSSR count). The SMILES string of the molecule is Cc1nnc2n1-c1ccc(OCc3ccccc3CN)cc1C(c1ccc(Cl)cc1)=NC2. The Morgan fingerprint density at radius 1 is 1.00 bits per heavy atom. The molecule has 0 spiro atoms. The van der Waals surface area contributed by atoms with E-state index in [1.54, 1.807) is 0 Å². The van der Waals surface area contributed by atoms with Crippen molar-refractivity contribution in [1.29, 1.82) is 0 Å². The summed E-state index contributed by atoms with van der Waals surface area (Å²) in [6.45, 7) is 3.30. The molecule has 0 atom stereocenters. The van der Waals surface area contributed by atoms with E-state index in [0.29, 0.717) is 24.7 Å². The van der Waals surface area contributed by atoms with Crippen LogP contribution < -0.4 is 10.5 Å². The number of rotatable bonds is 5. The summed E-state index contributed by atoms with van der Waals surface area (Å²) in [4.78, 5) is 4.88. The van der Waals surface area contributed by atoms with Crippen LogP contribution >= 0.6 is 11.6 Å². The van der Waals surface area contributed by atoms with Crippen molar-refractivity contribution in [3.63, 3.8) is 0 Å². The van der Waals surface area contributed by atoms with Gasteiger partial charge in [-0.15, -0.1) is 10.2 Å². The fraction of sp³-hybridized carbons (Fsp3) is 0.160. The van der Waals surface area contributed by atoms with E-state index < -0.39 is 0 Å². The van der Waals surface area contributed by atoms with Gasteiger partial charge in [0, 0.05) is 22.7 Å². The van der Waals surface area contributed by atoms with Crippen LogP contribution in [0.25, 0.3) is 5.69 Å². The number of ether oxygens (including phenoxy) is 1. The van der Waals surface area contributed by atoms with Crippen LogP contribution in [0.5, 0.6) is 5.75 Å². The highest BCUT2D eigenvalue weighted by Gasteiger charge is 2.22. The first-order valence-electron chi connectivity index (χ1n) is 10.4. The van der Waals surface area contributed by atoms with Crippen molar-refractivity contribution in [2.45, 2.75) is 26.6 Å². The van der Waals surface area contributed by atoms with Gasteiger partial charge >= 0.3 is 0 Å². The fourth-order valence-corrected chi connectivity index (χ4v) is 4.09. The van der Waals surface area contributed by atoms with E-state index in [0.717, 1.165) is 51.1 Å². The Kier molecular flexibility index (Phi) is 5.47. The van der Waals surface area contributed by atoms with E-state index in [4.69, 9.17) is 27.1 Å². The van der Waals surface area contributed by atoms with Gasteiger partial charge in [-0.05, 0) is 48.4 Å². The Bertz CT molecular complexity index is 1310. The van der Waals surface area contributed by atoms with Crippen LogP contribution in [0.4, 0.5) is 0 Å². The predicted octanol–water partition coefficient (Wildman–Crippen LogP) is 4.62. The Morgan fingerprint density at radius 3 is 2.56 bits per heavy atom. The smallest absolute Gasteiger partial charge is 0.159 e. The predicted molar refractivity (Wildman–Crippen MR) is 126 cm³/mol. The van der Waals surface area contributed by atoms with E-state index in [1.807, 2.05) is 73.7 Å². The molecule has 1 aliphatic heterocycles. The second kappa shape index (κ2) is 8.57. The molecule has 0 fully saturated rings. The van der Waals surface area contributed by atoms with Crippen LogP contribution in [0.1, 0.15) is 33.9 Å². The van der Waals surface area contributed by atoms with E-state index in [9.17, 15) is 0 Å². The third-order valence-corrected chi connectivity index (χ3v) is 5.84. The van der Waals surface area contributed by atoms with Gasteiger partial charge in [-0.25, -0.2) is 0 Å². The Labute approximate surface area is 191 Å². The van der Waals surface area contributed by atoms with Crippen molar-refractivity contribution < 1.29 is 4.74 Å². The van der Waals surface area contributed by atoms with Crippen molar-refractivity contribution in [2.75, 3.05) is 0 Å². The van der Waals surface area contributed by atoms with Gasteiger partial charge in [-0.1, -0.05) is 48.0 Å². The minimum absolute atomic E-state index is 0.438. The van der Waals surface area contributed by atoms with Crippen LogP contribution in [-0.4, -0.2) is 20.5 Å². The van der Waals surface area contributed by atoms with Crippen molar-refractivity contribution in [2.24, 2.45) is 10.7 Å². The third kappa shape index (κ3) is 3.79. The zero-order valence-electron chi connectivity index (χ0n) is 17.6. The number of hydrogen-bond acceptors (Lipinski definition) is 5. The summed E-state index contributed by atoms with van der Waals surface area (Å²) in [5, 5.41) is 9.25. The molecule has 0 aliphatic carbocycles. The molecular weight excluding hydrogens is 422 g/mol. The maximum atomic E-state index is 6.17. The van der Waals surface area contributed by atoms with Crippen molar-refractivity contribution in [3.05, 3.63) is 106 Å². The number of nitrogens with two attached hydrogens (primary N) is 1. The molecule has 32 heavy (non-hydrogen) atoms. The van der Waals surface area contributed by atoms with Crippen molar-refractivity contribution in [1.82, 2.24) is 14.8 Å². The molecule has 1 aliphatic rings. The molecule has 0 radical (unpaired) electrons. The molecular formula is C25H22ClN5O. The molecule has 2 N–H and O–H groups in total. The summed E-state index contributed by atoms with van der Waals surface area (Å²) < 4.78 is 8.22. The molecule has 1 aromatic heterocycles. The molecule has 0 unspecified atom stereocenters. The van der Waals surface area contributed by atoms with Gasteiger partial charge in [0.2, 0.25) is 0 Å². The normalized spacial score (nSPS) is 12.5. The topological polar surface area (TPSA) is 78.3 Å². The first kappa shape index (κ1) is 20.4. The Morgan fingerprint density at radius 2 is 1.78 bits per heavy atom. The maximum Gasteiger partial charge on any atom is 0.159 e. The second-order valence-electron chi connectivity index (χ2n) is 7.61. The molecule has 0 amide bonds. The molecule has 0 bridgehead atoms. The molecule has 3 aromatic carbocycles. The van der Waals surface area contributed by atoms with Crippen molar-refractivity contribution in [3.8, 4) is 11.4 Å². The number of halogens is 1. The number of hydrogen-bond donors (Lipinski definition) is 1. The molecule has 0 saturated carbocycles. The molecule has 7 heteroatoms. The van der Waals surface area contributed by atoms with E-state index in [2.05, 4.69) is 14.8 Å². The summed E-state index contributed by atoms with van der Waals surface area (Å²) >= 11 is 6.12. The van der Waals surface area contributed by atoms with E-state index in [-0.39, 0.29) is 0 Å². The number of nitrogens with zero attached hydrogens (tertiary/aromatic N) is 4. The standard InChI is InChI=1S/C25H22ClN5O/c1-16-29-30-24-14-28-25(17-6-8-20(26)9-7-17)22-12-21(10-11-23(22)31(16)24)32-15-19-5-3-2-4-18(19)13-27/h2-12H,13-15,27H2,1H3. The highest BCUT2D eigenvalue weighted by molar-refractivity contribution is 6.30. The molecule has 0 saturated heterocycles. The van der Waals surface area contributed by atoms with Gasteiger partial charge in [-0.2, -0.15) is 0 Å². The molecule has 2 heterocycles. The highest BCUT2D eigenvalue weighted by Crippen LogP contribution is 2.30. The summed E-state index contributed by atoms with van der Waals surface area (Å²) in [7, 11) is 0. The fourth-order valence-electron chi connectivity index (χ4n) is 3.96. The largest absolute Gasteiger partial charge is 0.489 e.